The van der Waals surface area contributed by atoms with E-state index in [1.165, 1.54) is 12.1 Å². The summed E-state index contributed by atoms with van der Waals surface area (Å²) in [5, 5.41) is 5.14. The van der Waals surface area contributed by atoms with Crippen molar-refractivity contribution in [2.45, 2.75) is 86.0 Å². The Balaban J connectivity index is 2.38. The van der Waals surface area contributed by atoms with Crippen molar-refractivity contribution < 1.29 is 33.0 Å². The minimum absolute atomic E-state index is 0.0294. The third-order valence-electron chi connectivity index (χ3n) is 5.78. The Hall–Kier alpha value is -2.93. The molecule has 0 aliphatic carbocycles. The fourth-order valence-corrected chi connectivity index (χ4v) is 4.12. The van der Waals surface area contributed by atoms with Crippen LogP contribution >= 0.6 is 22.6 Å². The fraction of sp³-hybridized carbons (Fsp3) is 0.531. The molecule has 4 amide bonds. The predicted octanol–water partition coefficient (Wildman–Crippen LogP) is 7.69. The first-order valence-corrected chi connectivity index (χ1v) is 15.3. The quantitative estimate of drug-likeness (QED) is 0.193. The number of urea groups is 1. The maximum atomic E-state index is 14.6. The molecule has 0 bridgehead atoms. The average Bonchev–Trinajstić information content (AvgIpc) is 2.85. The summed E-state index contributed by atoms with van der Waals surface area (Å²) >= 11 is 1.97. The number of hydrogen-bond donors (Lipinski definition) is 2. The Bertz CT molecular complexity index is 1250. The van der Waals surface area contributed by atoms with Gasteiger partial charge in [-0.05, 0) is 112 Å². The molecule has 2 N–H and O–H groups in total. The van der Waals surface area contributed by atoms with Gasteiger partial charge in [-0.2, -0.15) is 0 Å². The molecule has 1 atom stereocenters. The lowest BCUT2D eigenvalue weighted by atomic mass is 9.92. The molecule has 2 aromatic carbocycles. The van der Waals surface area contributed by atoms with Gasteiger partial charge in [-0.25, -0.2) is 14.0 Å². The number of halogens is 2. The molecule has 238 valence electrons. The smallest absolute Gasteiger partial charge is 0.408 e. The molecular formula is C32H45FIN3O6. The largest absolute Gasteiger partial charge is 0.491 e. The molecule has 43 heavy (non-hydrogen) atoms. The summed E-state index contributed by atoms with van der Waals surface area (Å²) in [6.45, 7) is 17.7. The summed E-state index contributed by atoms with van der Waals surface area (Å²) in [4.78, 5) is 41.4. The van der Waals surface area contributed by atoms with Crippen LogP contribution in [-0.4, -0.2) is 53.9 Å². The highest BCUT2D eigenvalue weighted by Gasteiger charge is 2.34. The fourth-order valence-electron chi connectivity index (χ4n) is 3.67. The molecule has 0 unspecified atom stereocenters. The molecule has 9 nitrogen and oxygen atoms in total. The van der Waals surface area contributed by atoms with Gasteiger partial charge in [0.25, 0.3) is 5.91 Å². The summed E-state index contributed by atoms with van der Waals surface area (Å²) in [5.74, 6) is -0.789. The van der Waals surface area contributed by atoms with E-state index in [1.54, 1.807) is 51.1 Å². The number of benzene rings is 2. The van der Waals surface area contributed by atoms with Gasteiger partial charge in [-0.15, -0.1) is 0 Å². The van der Waals surface area contributed by atoms with Gasteiger partial charge < -0.3 is 24.8 Å². The summed E-state index contributed by atoms with van der Waals surface area (Å²) < 4.78 is 32.1. The van der Waals surface area contributed by atoms with E-state index in [9.17, 15) is 18.8 Å². The van der Waals surface area contributed by atoms with Crippen molar-refractivity contribution in [2.24, 2.45) is 5.41 Å². The molecule has 0 saturated carbocycles. The summed E-state index contributed by atoms with van der Waals surface area (Å²) in [5.41, 5.74) is -0.993. The molecule has 2 rings (SSSR count). The zero-order chi connectivity index (χ0) is 32.6. The molecule has 0 aliphatic rings. The lowest BCUT2D eigenvalue weighted by molar-refractivity contribution is -0.130. The molecule has 0 fully saturated rings. The van der Waals surface area contributed by atoms with Crippen LogP contribution in [0.25, 0.3) is 0 Å². The number of carbonyl (C=O) groups excluding carboxylic acids is 3. The van der Waals surface area contributed by atoms with E-state index in [2.05, 4.69) is 10.6 Å². The van der Waals surface area contributed by atoms with Crippen LogP contribution in [0, 0.1) is 14.8 Å². The zero-order valence-electron chi connectivity index (χ0n) is 26.6. The second-order valence-electron chi connectivity index (χ2n) is 13.3. The molecule has 0 radical (unpaired) electrons. The first-order valence-electron chi connectivity index (χ1n) is 14.2. The summed E-state index contributed by atoms with van der Waals surface area (Å²) in [6.07, 6.45) is -0.366. The van der Waals surface area contributed by atoms with Crippen LogP contribution in [-0.2, 0) is 14.3 Å². The summed E-state index contributed by atoms with van der Waals surface area (Å²) in [6, 6.07) is 8.88. The number of anilines is 1. The number of rotatable bonds is 10. The van der Waals surface area contributed by atoms with Gasteiger partial charge in [-0.3, -0.25) is 9.69 Å². The van der Waals surface area contributed by atoms with Crippen molar-refractivity contribution in [1.29, 1.82) is 0 Å². The summed E-state index contributed by atoms with van der Waals surface area (Å²) in [7, 11) is 0. The second-order valence-corrected chi connectivity index (χ2v) is 14.6. The lowest BCUT2D eigenvalue weighted by Gasteiger charge is -2.30. The van der Waals surface area contributed by atoms with E-state index in [0.717, 1.165) is 4.90 Å². The minimum Gasteiger partial charge on any atom is -0.491 e. The van der Waals surface area contributed by atoms with E-state index in [1.807, 2.05) is 64.1 Å². The van der Waals surface area contributed by atoms with Crippen LogP contribution in [0.3, 0.4) is 0 Å². The SMILES string of the molecule is CC(C)(C)CCN(C(=O)Nc1ccc(I)cc1F)C(=O)[C@H](NC(=O)OC(C)(C)C)c1ccc(OCCOC(C)(C)C)cc1. The molecule has 0 saturated heterocycles. The van der Waals surface area contributed by atoms with Gasteiger partial charge in [0.15, 0.2) is 0 Å². The lowest BCUT2D eigenvalue weighted by Crippen LogP contribution is -2.49. The predicted molar refractivity (Wildman–Crippen MR) is 174 cm³/mol. The van der Waals surface area contributed by atoms with Crippen molar-refractivity contribution in [3.63, 3.8) is 0 Å². The Morgan fingerprint density at radius 1 is 0.907 bits per heavy atom. The monoisotopic (exact) mass is 713 g/mol. The van der Waals surface area contributed by atoms with E-state index in [4.69, 9.17) is 14.2 Å². The number of nitrogens with one attached hydrogen (secondary N) is 2. The van der Waals surface area contributed by atoms with Crippen LogP contribution < -0.4 is 15.4 Å². The molecule has 2 aromatic rings. The number of amides is 4. The maximum absolute atomic E-state index is 14.6. The molecule has 0 heterocycles. The highest BCUT2D eigenvalue weighted by atomic mass is 127. The normalized spacial score (nSPS) is 12.7. The van der Waals surface area contributed by atoms with Crippen LogP contribution in [0.1, 0.15) is 80.3 Å². The van der Waals surface area contributed by atoms with E-state index in [-0.39, 0.29) is 23.2 Å². The molecule has 0 aliphatic heterocycles. The standard InChI is InChI=1S/C32H45FIN3O6/c1-30(2,3)16-17-37(28(39)35-25-15-12-22(34)20-24(25)33)27(38)26(36-29(40)43-32(7,8)9)21-10-13-23(14-11-21)41-18-19-42-31(4,5)6/h10-15,20,26H,16-19H2,1-9H3,(H,35,39)(H,36,40)/t26-/m1/s1. The van der Waals surface area contributed by atoms with Gasteiger partial charge in [-0.1, -0.05) is 32.9 Å². The molecule has 0 spiro atoms. The Morgan fingerprint density at radius 3 is 2.07 bits per heavy atom. The van der Waals surface area contributed by atoms with Crippen molar-refractivity contribution >= 4 is 46.3 Å². The minimum atomic E-state index is -1.28. The van der Waals surface area contributed by atoms with Crippen LogP contribution in [0.15, 0.2) is 42.5 Å². The first-order chi connectivity index (χ1) is 19.7. The average molecular weight is 714 g/mol. The molecule has 0 aromatic heterocycles. The number of alkyl carbamates (subject to hydrolysis) is 1. The van der Waals surface area contributed by atoms with Gasteiger partial charge in [0.2, 0.25) is 0 Å². The number of carbonyl (C=O) groups is 3. The van der Waals surface area contributed by atoms with Crippen molar-refractivity contribution in [1.82, 2.24) is 10.2 Å². The Kier molecular flexibility index (Phi) is 12.8. The van der Waals surface area contributed by atoms with Crippen LogP contribution in [0.2, 0.25) is 0 Å². The number of ether oxygens (including phenoxy) is 3. The number of imide groups is 1. The maximum Gasteiger partial charge on any atom is 0.408 e. The molecular weight excluding hydrogens is 668 g/mol. The van der Waals surface area contributed by atoms with E-state index >= 15 is 0 Å². The molecule has 11 heteroatoms. The third-order valence-corrected chi connectivity index (χ3v) is 6.45. The zero-order valence-corrected chi connectivity index (χ0v) is 28.8. The van der Waals surface area contributed by atoms with Crippen molar-refractivity contribution in [2.75, 3.05) is 25.1 Å². The van der Waals surface area contributed by atoms with Crippen molar-refractivity contribution in [3.8, 4) is 5.75 Å². The van der Waals surface area contributed by atoms with E-state index < -0.39 is 35.5 Å². The van der Waals surface area contributed by atoms with Gasteiger partial charge in [0.1, 0.15) is 29.8 Å². The van der Waals surface area contributed by atoms with Gasteiger partial charge >= 0.3 is 12.1 Å². The van der Waals surface area contributed by atoms with E-state index in [0.29, 0.717) is 34.5 Å². The van der Waals surface area contributed by atoms with Gasteiger partial charge in [0.05, 0.1) is 17.9 Å². The highest BCUT2D eigenvalue weighted by Crippen LogP contribution is 2.25. The van der Waals surface area contributed by atoms with Crippen LogP contribution in [0.4, 0.5) is 19.7 Å². The number of hydrogen-bond acceptors (Lipinski definition) is 6. The third kappa shape index (κ3) is 13.5. The Morgan fingerprint density at radius 2 is 1.53 bits per heavy atom. The topological polar surface area (TPSA) is 106 Å². The highest BCUT2D eigenvalue weighted by molar-refractivity contribution is 14.1. The number of nitrogens with zero attached hydrogens (tertiary/aromatic N) is 1. The van der Waals surface area contributed by atoms with Crippen LogP contribution in [0.5, 0.6) is 5.75 Å². The Labute approximate surface area is 268 Å². The van der Waals surface area contributed by atoms with Crippen molar-refractivity contribution in [3.05, 3.63) is 57.4 Å². The second kappa shape index (κ2) is 15.2. The van der Waals surface area contributed by atoms with Gasteiger partial charge in [0, 0.05) is 10.1 Å². The first kappa shape index (κ1) is 36.3.